The highest BCUT2D eigenvalue weighted by Crippen LogP contribution is 2.28. The third-order valence-corrected chi connectivity index (χ3v) is 5.22. The molecule has 0 aliphatic carbocycles. The zero-order valence-electron chi connectivity index (χ0n) is 14.9. The van der Waals surface area contributed by atoms with Crippen LogP contribution >= 0.6 is 11.8 Å². The highest BCUT2D eigenvalue weighted by atomic mass is 32.2. The molecule has 0 aromatic heterocycles. The minimum absolute atomic E-state index is 0.0933. The van der Waals surface area contributed by atoms with Gasteiger partial charge in [0.1, 0.15) is 0 Å². The van der Waals surface area contributed by atoms with Crippen LogP contribution in [-0.2, 0) is 6.54 Å². The Kier molecular flexibility index (Phi) is 6.73. The topological polar surface area (TPSA) is 32.3 Å². The summed E-state index contributed by atoms with van der Waals surface area (Å²) in [5, 5.41) is 3.60. The Hall–Kier alpha value is -1.94. The average Bonchev–Trinajstić information content (AvgIpc) is 2.58. The van der Waals surface area contributed by atoms with Crippen LogP contribution in [0.3, 0.4) is 0 Å². The van der Waals surface area contributed by atoms with Crippen LogP contribution in [0.5, 0.6) is 0 Å². The number of anilines is 1. The first-order chi connectivity index (χ1) is 11.5. The lowest BCUT2D eigenvalue weighted by atomic mass is 10.2. The molecule has 1 unspecified atom stereocenters. The molecule has 1 N–H and O–H groups in total. The van der Waals surface area contributed by atoms with E-state index in [2.05, 4.69) is 31.3 Å². The van der Waals surface area contributed by atoms with Gasteiger partial charge in [0, 0.05) is 29.4 Å². The number of hydrogen-bond donors (Lipinski definition) is 1. The Balaban J connectivity index is 1.98. The first kappa shape index (κ1) is 18.4. The van der Waals surface area contributed by atoms with Crippen LogP contribution in [0, 0.1) is 6.92 Å². The van der Waals surface area contributed by atoms with Crippen molar-refractivity contribution in [3.63, 3.8) is 0 Å². The molecular formula is C20H26N2OS. The number of carbonyl (C=O) groups excluding carboxylic acids is 1. The fourth-order valence-electron chi connectivity index (χ4n) is 2.31. The number of rotatable bonds is 6. The van der Waals surface area contributed by atoms with E-state index in [4.69, 9.17) is 0 Å². The predicted octanol–water partition coefficient (Wildman–Crippen LogP) is 5.55. The molecule has 0 aliphatic rings. The van der Waals surface area contributed by atoms with Crippen molar-refractivity contribution in [1.82, 2.24) is 4.90 Å². The second kappa shape index (κ2) is 8.78. The smallest absolute Gasteiger partial charge is 0.321 e. The molecule has 0 radical (unpaired) electrons. The fraction of sp³-hybridized carbons (Fsp3) is 0.350. The van der Waals surface area contributed by atoms with Gasteiger partial charge in [-0.05, 0) is 42.7 Å². The quantitative estimate of drug-likeness (QED) is 0.698. The normalized spacial score (nSPS) is 11.8. The Bertz CT molecular complexity index is 673. The van der Waals surface area contributed by atoms with Gasteiger partial charge in [0.05, 0.1) is 0 Å². The molecular weight excluding hydrogens is 316 g/mol. The van der Waals surface area contributed by atoms with Crippen molar-refractivity contribution in [2.75, 3.05) is 12.4 Å². The molecule has 2 amide bonds. The first-order valence-electron chi connectivity index (χ1n) is 8.33. The van der Waals surface area contributed by atoms with Crippen molar-refractivity contribution in [1.29, 1.82) is 0 Å². The number of urea groups is 1. The van der Waals surface area contributed by atoms with E-state index in [1.807, 2.05) is 62.1 Å². The lowest BCUT2D eigenvalue weighted by Crippen LogP contribution is -2.31. The molecule has 3 nitrogen and oxygen atoms in total. The molecule has 0 heterocycles. The van der Waals surface area contributed by atoms with Crippen molar-refractivity contribution in [2.45, 2.75) is 43.9 Å². The van der Waals surface area contributed by atoms with Crippen LogP contribution in [0.2, 0.25) is 0 Å². The Morgan fingerprint density at radius 3 is 2.54 bits per heavy atom. The summed E-state index contributed by atoms with van der Waals surface area (Å²) < 4.78 is 0. The summed E-state index contributed by atoms with van der Waals surface area (Å²) in [6.45, 7) is 7.05. The van der Waals surface area contributed by atoms with Crippen LogP contribution < -0.4 is 5.32 Å². The monoisotopic (exact) mass is 342 g/mol. The standard InChI is InChI=1S/C20H26N2OS/c1-5-16(3)24-18-11-12-19(15(2)13-18)21-20(23)22(4)14-17-9-7-6-8-10-17/h6-13,16H,5,14H2,1-4H3,(H,21,23). The van der Waals surface area contributed by atoms with Crippen LogP contribution in [0.15, 0.2) is 53.4 Å². The van der Waals surface area contributed by atoms with Crippen molar-refractivity contribution < 1.29 is 4.79 Å². The molecule has 24 heavy (non-hydrogen) atoms. The van der Waals surface area contributed by atoms with Gasteiger partial charge >= 0.3 is 6.03 Å². The largest absolute Gasteiger partial charge is 0.323 e. The number of thioether (sulfide) groups is 1. The first-order valence-corrected chi connectivity index (χ1v) is 9.21. The van der Waals surface area contributed by atoms with E-state index in [0.29, 0.717) is 11.8 Å². The third-order valence-electron chi connectivity index (χ3n) is 3.96. The van der Waals surface area contributed by atoms with Crippen molar-refractivity contribution >= 4 is 23.5 Å². The van der Waals surface area contributed by atoms with Gasteiger partial charge in [-0.2, -0.15) is 0 Å². The second-order valence-electron chi connectivity index (χ2n) is 6.09. The maximum atomic E-state index is 12.4. The minimum atomic E-state index is -0.0933. The maximum absolute atomic E-state index is 12.4. The van der Waals surface area contributed by atoms with Gasteiger partial charge in [0.15, 0.2) is 0 Å². The number of nitrogens with zero attached hydrogens (tertiary/aromatic N) is 1. The molecule has 128 valence electrons. The van der Waals surface area contributed by atoms with Crippen molar-refractivity contribution in [3.05, 3.63) is 59.7 Å². The lowest BCUT2D eigenvalue weighted by Gasteiger charge is -2.19. The van der Waals surface area contributed by atoms with E-state index >= 15 is 0 Å². The number of amides is 2. The minimum Gasteiger partial charge on any atom is -0.323 e. The van der Waals surface area contributed by atoms with E-state index < -0.39 is 0 Å². The summed E-state index contributed by atoms with van der Waals surface area (Å²) in [7, 11) is 1.81. The van der Waals surface area contributed by atoms with Gasteiger partial charge in [0.25, 0.3) is 0 Å². The molecule has 0 saturated heterocycles. The van der Waals surface area contributed by atoms with Crippen molar-refractivity contribution in [3.8, 4) is 0 Å². The van der Waals surface area contributed by atoms with Gasteiger partial charge in [-0.15, -0.1) is 11.8 Å². The molecule has 4 heteroatoms. The summed E-state index contributed by atoms with van der Waals surface area (Å²) in [4.78, 5) is 15.3. The summed E-state index contributed by atoms with van der Waals surface area (Å²) in [5.74, 6) is 0. The molecule has 2 aromatic rings. The van der Waals surface area contributed by atoms with Crippen LogP contribution in [0.1, 0.15) is 31.4 Å². The van der Waals surface area contributed by atoms with E-state index in [1.54, 1.807) is 4.90 Å². The molecule has 0 saturated carbocycles. The molecule has 2 rings (SSSR count). The summed E-state index contributed by atoms with van der Waals surface area (Å²) >= 11 is 1.87. The maximum Gasteiger partial charge on any atom is 0.321 e. The summed E-state index contributed by atoms with van der Waals surface area (Å²) in [6, 6.07) is 16.1. The van der Waals surface area contributed by atoms with E-state index in [-0.39, 0.29) is 6.03 Å². The Morgan fingerprint density at radius 1 is 1.21 bits per heavy atom. The zero-order valence-corrected chi connectivity index (χ0v) is 15.7. The van der Waals surface area contributed by atoms with E-state index in [9.17, 15) is 4.79 Å². The van der Waals surface area contributed by atoms with Crippen LogP contribution in [0.25, 0.3) is 0 Å². The molecule has 0 aliphatic heterocycles. The highest BCUT2D eigenvalue weighted by molar-refractivity contribution is 7.99. The number of benzene rings is 2. The number of hydrogen-bond acceptors (Lipinski definition) is 2. The summed E-state index contributed by atoms with van der Waals surface area (Å²) in [6.07, 6.45) is 1.15. The molecule has 1 atom stereocenters. The number of nitrogens with one attached hydrogen (secondary N) is 1. The zero-order chi connectivity index (χ0) is 17.5. The second-order valence-corrected chi connectivity index (χ2v) is 7.60. The van der Waals surface area contributed by atoms with Gasteiger partial charge in [-0.3, -0.25) is 0 Å². The molecule has 0 fully saturated rings. The van der Waals surface area contributed by atoms with Gasteiger partial charge < -0.3 is 10.2 Å². The molecule has 2 aromatic carbocycles. The van der Waals surface area contributed by atoms with Crippen molar-refractivity contribution in [2.24, 2.45) is 0 Å². The van der Waals surface area contributed by atoms with Crippen LogP contribution in [-0.4, -0.2) is 23.2 Å². The van der Waals surface area contributed by atoms with Gasteiger partial charge in [0.2, 0.25) is 0 Å². The molecule has 0 bridgehead atoms. The fourth-order valence-corrected chi connectivity index (χ4v) is 3.33. The van der Waals surface area contributed by atoms with Gasteiger partial charge in [-0.1, -0.05) is 44.2 Å². The Morgan fingerprint density at radius 2 is 1.92 bits per heavy atom. The van der Waals surface area contributed by atoms with E-state index in [0.717, 1.165) is 23.2 Å². The molecule has 0 spiro atoms. The SMILES string of the molecule is CCC(C)Sc1ccc(NC(=O)N(C)Cc2ccccc2)c(C)c1. The predicted molar refractivity (Wildman–Crippen MR) is 104 cm³/mol. The third kappa shape index (κ3) is 5.31. The Labute approximate surface area is 149 Å². The number of carbonyl (C=O) groups is 1. The highest BCUT2D eigenvalue weighted by Gasteiger charge is 2.11. The lowest BCUT2D eigenvalue weighted by molar-refractivity contribution is 0.220. The summed E-state index contributed by atoms with van der Waals surface area (Å²) in [5.41, 5.74) is 3.07. The van der Waals surface area contributed by atoms with Gasteiger partial charge in [-0.25, -0.2) is 4.79 Å². The average molecular weight is 343 g/mol. The van der Waals surface area contributed by atoms with Crippen LogP contribution in [0.4, 0.5) is 10.5 Å². The number of aryl methyl sites for hydroxylation is 1. The van der Waals surface area contributed by atoms with E-state index in [1.165, 1.54) is 4.90 Å².